The minimum absolute atomic E-state index is 0.00310. The van der Waals surface area contributed by atoms with E-state index in [0.717, 1.165) is 18.7 Å². The van der Waals surface area contributed by atoms with E-state index in [-0.39, 0.29) is 35.5 Å². The molecule has 4 rings (SSSR count). The number of morpholine rings is 1. The minimum Gasteiger partial charge on any atom is -0.507 e. The first-order chi connectivity index (χ1) is 17.7. The molecule has 2 aromatic carbocycles. The van der Waals surface area contributed by atoms with Crippen LogP contribution in [-0.4, -0.2) is 84.3 Å². The van der Waals surface area contributed by atoms with Gasteiger partial charge >= 0.3 is 0 Å². The molecule has 2 aliphatic rings. The predicted octanol–water partition coefficient (Wildman–Crippen LogP) is 3.25. The highest BCUT2D eigenvalue weighted by Crippen LogP contribution is 2.42. The number of aliphatic hydroxyl groups excluding tert-OH is 1. The van der Waals surface area contributed by atoms with Gasteiger partial charge in [-0.15, -0.1) is 0 Å². The fraction of sp³-hybridized carbons (Fsp3) is 0.429. The number of ketones is 1. The van der Waals surface area contributed by atoms with Gasteiger partial charge in [-0.2, -0.15) is 0 Å². The minimum atomic E-state index is -0.845. The zero-order valence-corrected chi connectivity index (χ0v) is 21.7. The van der Waals surface area contributed by atoms with E-state index in [1.54, 1.807) is 30.3 Å². The first kappa shape index (κ1) is 26.5. The highest BCUT2D eigenvalue weighted by Gasteiger charge is 2.46. The second-order valence-electron chi connectivity index (χ2n) is 9.52. The molecule has 0 spiro atoms. The fourth-order valence-corrected chi connectivity index (χ4v) is 4.73. The van der Waals surface area contributed by atoms with Crippen molar-refractivity contribution in [3.8, 4) is 17.2 Å². The number of aromatic hydroxyl groups is 1. The Morgan fingerprint density at radius 2 is 1.81 bits per heavy atom. The van der Waals surface area contributed by atoms with Gasteiger partial charge in [0.15, 0.2) is 11.5 Å². The maximum Gasteiger partial charge on any atom is 0.295 e. The molecule has 9 heteroatoms. The molecule has 1 unspecified atom stereocenters. The second-order valence-corrected chi connectivity index (χ2v) is 9.52. The van der Waals surface area contributed by atoms with Crippen LogP contribution in [0.2, 0.25) is 0 Å². The largest absolute Gasteiger partial charge is 0.507 e. The molecule has 0 aliphatic carbocycles. The Bertz CT molecular complexity index is 1200. The molecule has 1 atom stereocenters. The molecule has 9 nitrogen and oxygen atoms in total. The summed E-state index contributed by atoms with van der Waals surface area (Å²) in [6, 6.07) is 9.00. The molecule has 2 aliphatic heterocycles. The van der Waals surface area contributed by atoms with Crippen molar-refractivity contribution < 1.29 is 34.0 Å². The van der Waals surface area contributed by atoms with Crippen molar-refractivity contribution in [2.75, 3.05) is 46.5 Å². The van der Waals surface area contributed by atoms with Gasteiger partial charge in [-0.1, -0.05) is 6.07 Å². The zero-order chi connectivity index (χ0) is 26.7. The predicted molar refractivity (Wildman–Crippen MR) is 138 cm³/mol. The SMILES string of the molecule is COc1cc(C2/C(=C(\O)c3ccc(OC(C)C)c(C)c3)C(=O)C(=O)N2CCN2CCOCC2)ccc1O. The van der Waals surface area contributed by atoms with Crippen LogP contribution in [0.1, 0.15) is 36.6 Å². The standard InChI is InChI=1S/C28H34N2O7/c1-17(2)37-22-8-6-20(15-18(22)3)26(32)24-25(19-5-7-21(31)23(16-19)35-4)30(28(34)27(24)33)10-9-29-11-13-36-14-12-29/h5-8,15-17,25,31-32H,9-14H2,1-4H3/b26-24+. The van der Waals surface area contributed by atoms with Gasteiger partial charge in [0, 0.05) is 31.7 Å². The number of Topliss-reactive ketones (excluding diaryl/α,β-unsaturated/α-hetero) is 1. The smallest absolute Gasteiger partial charge is 0.295 e. The Morgan fingerprint density at radius 1 is 1.08 bits per heavy atom. The van der Waals surface area contributed by atoms with Gasteiger partial charge in [-0.25, -0.2) is 0 Å². The molecule has 198 valence electrons. The average Bonchev–Trinajstić information content (AvgIpc) is 3.13. The topological polar surface area (TPSA) is 109 Å². The monoisotopic (exact) mass is 510 g/mol. The first-order valence-electron chi connectivity index (χ1n) is 12.4. The number of aliphatic hydroxyl groups is 1. The van der Waals surface area contributed by atoms with Crippen molar-refractivity contribution in [1.29, 1.82) is 0 Å². The van der Waals surface area contributed by atoms with Gasteiger partial charge in [0.05, 0.1) is 38.0 Å². The number of carbonyl (C=O) groups is 2. The Balaban J connectivity index is 1.76. The van der Waals surface area contributed by atoms with Crippen LogP contribution in [0.25, 0.3) is 5.76 Å². The number of likely N-dealkylation sites (tertiary alicyclic amines) is 1. The molecule has 2 N–H and O–H groups in total. The number of hydrogen-bond donors (Lipinski definition) is 2. The lowest BCUT2D eigenvalue weighted by Crippen LogP contribution is -2.42. The fourth-order valence-electron chi connectivity index (χ4n) is 4.73. The van der Waals surface area contributed by atoms with Gasteiger partial charge < -0.3 is 29.3 Å². The molecule has 2 fully saturated rings. The van der Waals surface area contributed by atoms with E-state index in [4.69, 9.17) is 14.2 Å². The summed E-state index contributed by atoms with van der Waals surface area (Å²) >= 11 is 0. The van der Waals surface area contributed by atoms with Crippen LogP contribution in [0.15, 0.2) is 42.0 Å². The van der Waals surface area contributed by atoms with E-state index in [1.165, 1.54) is 18.1 Å². The number of phenolic OH excluding ortho intramolecular Hbond substituents is 1. The van der Waals surface area contributed by atoms with Crippen molar-refractivity contribution in [2.24, 2.45) is 0 Å². The van der Waals surface area contributed by atoms with Crippen LogP contribution < -0.4 is 9.47 Å². The Labute approximate surface area is 216 Å². The highest BCUT2D eigenvalue weighted by atomic mass is 16.5. The number of rotatable bonds is 8. The van der Waals surface area contributed by atoms with E-state index < -0.39 is 17.7 Å². The van der Waals surface area contributed by atoms with Gasteiger partial charge in [0.1, 0.15) is 11.5 Å². The number of carbonyl (C=O) groups excluding carboxylic acids is 2. The lowest BCUT2D eigenvalue weighted by molar-refractivity contribution is -0.140. The summed E-state index contributed by atoms with van der Waals surface area (Å²) < 4.78 is 16.5. The molecule has 0 aromatic heterocycles. The number of ether oxygens (including phenoxy) is 3. The number of phenols is 1. The van der Waals surface area contributed by atoms with Crippen LogP contribution >= 0.6 is 0 Å². The van der Waals surface area contributed by atoms with Crippen molar-refractivity contribution >= 4 is 17.4 Å². The van der Waals surface area contributed by atoms with E-state index >= 15 is 0 Å². The Hall–Kier alpha value is -3.56. The Kier molecular flexibility index (Phi) is 8.04. The van der Waals surface area contributed by atoms with Gasteiger partial charge in [0.2, 0.25) is 0 Å². The van der Waals surface area contributed by atoms with Crippen molar-refractivity contribution in [3.63, 3.8) is 0 Å². The molecule has 0 radical (unpaired) electrons. The van der Waals surface area contributed by atoms with Gasteiger partial charge in [0.25, 0.3) is 11.7 Å². The molecule has 0 saturated carbocycles. The Morgan fingerprint density at radius 3 is 2.46 bits per heavy atom. The third-order valence-corrected chi connectivity index (χ3v) is 6.63. The third kappa shape index (κ3) is 5.57. The summed E-state index contributed by atoms with van der Waals surface area (Å²) in [7, 11) is 1.43. The molecule has 2 aromatic rings. The van der Waals surface area contributed by atoms with E-state index in [0.29, 0.717) is 36.6 Å². The average molecular weight is 511 g/mol. The summed E-state index contributed by atoms with van der Waals surface area (Å²) in [5.41, 5.74) is 1.75. The molecule has 37 heavy (non-hydrogen) atoms. The maximum atomic E-state index is 13.3. The van der Waals surface area contributed by atoms with Crippen LogP contribution in [0.3, 0.4) is 0 Å². The molecule has 1 amide bonds. The number of benzene rings is 2. The van der Waals surface area contributed by atoms with Crippen LogP contribution in [0.5, 0.6) is 17.2 Å². The first-order valence-corrected chi connectivity index (χ1v) is 12.4. The van der Waals surface area contributed by atoms with Crippen LogP contribution in [-0.2, 0) is 14.3 Å². The third-order valence-electron chi connectivity index (χ3n) is 6.63. The summed E-state index contributed by atoms with van der Waals surface area (Å²) in [5.74, 6) is -0.865. The lowest BCUT2D eigenvalue weighted by Gasteiger charge is -2.31. The quantitative estimate of drug-likeness (QED) is 0.317. The van der Waals surface area contributed by atoms with Crippen LogP contribution in [0, 0.1) is 6.92 Å². The molecule has 0 bridgehead atoms. The van der Waals surface area contributed by atoms with Crippen LogP contribution in [0.4, 0.5) is 0 Å². The van der Waals surface area contributed by atoms with E-state index in [1.807, 2.05) is 20.8 Å². The number of aryl methyl sites for hydroxylation is 1. The zero-order valence-electron chi connectivity index (χ0n) is 21.7. The number of nitrogens with zero attached hydrogens (tertiary/aromatic N) is 2. The van der Waals surface area contributed by atoms with Gasteiger partial charge in [-0.05, 0) is 62.2 Å². The normalized spacial score (nSPS) is 20.0. The van der Waals surface area contributed by atoms with E-state index in [2.05, 4.69) is 4.90 Å². The number of methoxy groups -OCH3 is 1. The molecular weight excluding hydrogens is 476 g/mol. The highest BCUT2D eigenvalue weighted by molar-refractivity contribution is 6.46. The molecule has 2 saturated heterocycles. The summed E-state index contributed by atoms with van der Waals surface area (Å²) in [5, 5.41) is 21.5. The maximum absolute atomic E-state index is 13.3. The molecular formula is C28H34N2O7. The van der Waals surface area contributed by atoms with Crippen molar-refractivity contribution in [3.05, 3.63) is 58.7 Å². The second kappa shape index (κ2) is 11.2. The number of amides is 1. The summed E-state index contributed by atoms with van der Waals surface area (Å²) in [6.07, 6.45) is -0.0144. The molecule has 2 heterocycles. The van der Waals surface area contributed by atoms with Gasteiger partial charge in [-0.3, -0.25) is 14.5 Å². The summed E-state index contributed by atoms with van der Waals surface area (Å²) in [6.45, 7) is 9.28. The summed E-state index contributed by atoms with van der Waals surface area (Å²) in [4.78, 5) is 30.3. The van der Waals surface area contributed by atoms with Crippen molar-refractivity contribution in [2.45, 2.75) is 32.9 Å². The number of hydrogen-bond acceptors (Lipinski definition) is 8. The lowest BCUT2D eigenvalue weighted by atomic mass is 9.94. The van der Waals surface area contributed by atoms with Crippen molar-refractivity contribution in [1.82, 2.24) is 9.80 Å². The van der Waals surface area contributed by atoms with E-state index in [9.17, 15) is 19.8 Å².